The first kappa shape index (κ1) is 15.6. The van der Waals surface area contributed by atoms with Crippen molar-refractivity contribution in [2.45, 2.75) is 45.6 Å². The number of nitrogens with zero attached hydrogens (tertiary/aromatic N) is 3. The van der Waals surface area contributed by atoms with Gasteiger partial charge in [0.05, 0.1) is 0 Å². The van der Waals surface area contributed by atoms with Crippen LogP contribution in [0.4, 0.5) is 23.0 Å². The molecule has 2 aromatic rings. The quantitative estimate of drug-likeness (QED) is 0.897. The maximum atomic E-state index is 6.38. The molecule has 0 aliphatic carbocycles. The van der Waals surface area contributed by atoms with Crippen molar-refractivity contribution in [2.24, 2.45) is 0 Å². The fourth-order valence-electron chi connectivity index (χ4n) is 3.19. The van der Waals surface area contributed by atoms with Crippen LogP contribution in [0.5, 0.6) is 0 Å². The Bertz CT molecular complexity index is 653. The highest BCUT2D eigenvalue weighted by Crippen LogP contribution is 2.33. The fraction of sp³-hybridized carbons (Fsp3) is 0.444. The lowest BCUT2D eigenvalue weighted by Gasteiger charge is -2.36. The number of anilines is 4. The monoisotopic (exact) mass is 311 g/mol. The molecule has 0 spiro atoms. The smallest absolute Gasteiger partial charge is 0.159 e. The molecule has 1 aromatic heterocycles. The summed E-state index contributed by atoms with van der Waals surface area (Å²) in [5.41, 5.74) is 9.22. The van der Waals surface area contributed by atoms with E-state index < -0.39 is 0 Å². The van der Waals surface area contributed by atoms with Crippen molar-refractivity contribution in [3.05, 3.63) is 36.2 Å². The van der Waals surface area contributed by atoms with Gasteiger partial charge in [0, 0.05) is 18.3 Å². The summed E-state index contributed by atoms with van der Waals surface area (Å²) in [5.74, 6) is 1.54. The molecule has 122 valence electrons. The molecule has 1 aromatic carbocycles. The van der Waals surface area contributed by atoms with Gasteiger partial charge < -0.3 is 16.0 Å². The van der Waals surface area contributed by atoms with Crippen molar-refractivity contribution in [3.63, 3.8) is 0 Å². The topological polar surface area (TPSA) is 67.1 Å². The zero-order chi connectivity index (χ0) is 16.2. The van der Waals surface area contributed by atoms with Crippen LogP contribution in [0, 0.1) is 6.92 Å². The predicted molar refractivity (Wildman–Crippen MR) is 96.2 cm³/mol. The Hall–Kier alpha value is -2.30. The van der Waals surface area contributed by atoms with Gasteiger partial charge in [0.1, 0.15) is 12.0 Å². The number of hydrogen-bond donors (Lipinski definition) is 2. The maximum Gasteiger partial charge on any atom is 0.159 e. The summed E-state index contributed by atoms with van der Waals surface area (Å²) in [6.45, 7) is 5.32. The van der Waals surface area contributed by atoms with Gasteiger partial charge in [0.25, 0.3) is 0 Å². The number of nitrogens with one attached hydrogen (secondary N) is 1. The van der Waals surface area contributed by atoms with E-state index in [2.05, 4.69) is 46.2 Å². The summed E-state index contributed by atoms with van der Waals surface area (Å²) in [7, 11) is 0. The van der Waals surface area contributed by atoms with Crippen molar-refractivity contribution in [3.8, 4) is 0 Å². The van der Waals surface area contributed by atoms with Gasteiger partial charge in [-0.3, -0.25) is 0 Å². The molecule has 1 aliphatic rings. The number of hydrogen-bond acceptors (Lipinski definition) is 5. The molecule has 2 heterocycles. The summed E-state index contributed by atoms with van der Waals surface area (Å²) in [5, 5.41) is 3.31. The Morgan fingerprint density at radius 3 is 2.74 bits per heavy atom. The van der Waals surface area contributed by atoms with Crippen LogP contribution in [0.1, 0.15) is 38.2 Å². The second-order valence-electron chi connectivity index (χ2n) is 6.20. The van der Waals surface area contributed by atoms with Gasteiger partial charge in [0.2, 0.25) is 0 Å². The van der Waals surface area contributed by atoms with E-state index in [9.17, 15) is 0 Å². The zero-order valence-corrected chi connectivity index (χ0v) is 13.9. The molecule has 1 aliphatic heterocycles. The summed E-state index contributed by atoms with van der Waals surface area (Å²) >= 11 is 0. The number of rotatable bonds is 4. The lowest BCUT2D eigenvalue weighted by molar-refractivity contribution is 0.447. The summed E-state index contributed by atoms with van der Waals surface area (Å²) in [6, 6.07) is 8.73. The van der Waals surface area contributed by atoms with Crippen LogP contribution in [-0.4, -0.2) is 22.6 Å². The average molecular weight is 311 g/mol. The van der Waals surface area contributed by atoms with E-state index in [4.69, 9.17) is 5.73 Å². The van der Waals surface area contributed by atoms with E-state index in [1.165, 1.54) is 24.8 Å². The van der Waals surface area contributed by atoms with E-state index in [0.29, 0.717) is 17.5 Å². The Morgan fingerprint density at radius 1 is 1.22 bits per heavy atom. The van der Waals surface area contributed by atoms with Crippen LogP contribution in [0.2, 0.25) is 0 Å². The van der Waals surface area contributed by atoms with Crippen molar-refractivity contribution in [2.75, 3.05) is 22.5 Å². The Labute approximate surface area is 137 Å². The van der Waals surface area contributed by atoms with E-state index in [1.54, 1.807) is 6.33 Å². The molecule has 0 radical (unpaired) electrons. The van der Waals surface area contributed by atoms with Gasteiger partial charge in [0.15, 0.2) is 11.6 Å². The standard InChI is InChI=1S/C18H25N5/c1-3-15-6-4-5-11-23(15)18-16(19)17(20-12-21-18)22-14-9-7-13(2)8-10-14/h7-10,12,15H,3-6,11,19H2,1-2H3,(H,20,21,22). The summed E-state index contributed by atoms with van der Waals surface area (Å²) in [4.78, 5) is 11.1. The highest BCUT2D eigenvalue weighted by molar-refractivity contribution is 5.78. The third-order valence-corrected chi connectivity index (χ3v) is 4.55. The number of nitrogen functional groups attached to an aromatic ring is 1. The van der Waals surface area contributed by atoms with Crippen LogP contribution < -0.4 is 16.0 Å². The largest absolute Gasteiger partial charge is 0.393 e. The Balaban J connectivity index is 1.87. The second-order valence-corrected chi connectivity index (χ2v) is 6.20. The number of piperidine rings is 1. The molecular weight excluding hydrogens is 286 g/mol. The van der Waals surface area contributed by atoms with Gasteiger partial charge in [-0.15, -0.1) is 0 Å². The van der Waals surface area contributed by atoms with E-state index in [0.717, 1.165) is 24.5 Å². The fourth-order valence-corrected chi connectivity index (χ4v) is 3.19. The third-order valence-electron chi connectivity index (χ3n) is 4.55. The van der Waals surface area contributed by atoms with Gasteiger partial charge >= 0.3 is 0 Å². The van der Waals surface area contributed by atoms with Gasteiger partial charge in [-0.25, -0.2) is 9.97 Å². The predicted octanol–water partition coefficient (Wildman–Crippen LogP) is 3.88. The third kappa shape index (κ3) is 3.38. The summed E-state index contributed by atoms with van der Waals surface area (Å²) < 4.78 is 0. The average Bonchev–Trinajstić information content (AvgIpc) is 2.59. The van der Waals surface area contributed by atoms with Gasteiger partial charge in [-0.1, -0.05) is 24.6 Å². The Morgan fingerprint density at radius 2 is 2.00 bits per heavy atom. The van der Waals surface area contributed by atoms with Crippen LogP contribution in [0.25, 0.3) is 0 Å². The van der Waals surface area contributed by atoms with E-state index in [-0.39, 0.29) is 0 Å². The SMILES string of the molecule is CCC1CCCCN1c1ncnc(Nc2ccc(C)cc2)c1N. The highest BCUT2D eigenvalue weighted by Gasteiger charge is 2.24. The van der Waals surface area contributed by atoms with Crippen LogP contribution in [0.3, 0.4) is 0 Å². The van der Waals surface area contributed by atoms with E-state index in [1.807, 2.05) is 12.1 Å². The molecule has 3 rings (SSSR count). The van der Waals surface area contributed by atoms with Crippen molar-refractivity contribution in [1.29, 1.82) is 0 Å². The van der Waals surface area contributed by atoms with Gasteiger partial charge in [-0.2, -0.15) is 0 Å². The van der Waals surface area contributed by atoms with Crippen molar-refractivity contribution < 1.29 is 0 Å². The Kier molecular flexibility index (Phi) is 4.65. The molecule has 1 unspecified atom stereocenters. The van der Waals surface area contributed by atoms with Crippen molar-refractivity contribution >= 4 is 23.0 Å². The molecule has 5 heteroatoms. The lowest BCUT2D eigenvalue weighted by Crippen LogP contribution is -2.40. The molecule has 3 N–H and O–H groups in total. The van der Waals surface area contributed by atoms with Crippen LogP contribution in [0.15, 0.2) is 30.6 Å². The van der Waals surface area contributed by atoms with E-state index >= 15 is 0 Å². The first-order valence-corrected chi connectivity index (χ1v) is 8.40. The molecule has 1 saturated heterocycles. The molecule has 5 nitrogen and oxygen atoms in total. The van der Waals surface area contributed by atoms with Gasteiger partial charge in [-0.05, 0) is 44.7 Å². The molecule has 1 fully saturated rings. The minimum atomic E-state index is 0.521. The number of aromatic nitrogens is 2. The van der Waals surface area contributed by atoms with Crippen molar-refractivity contribution in [1.82, 2.24) is 9.97 Å². The zero-order valence-electron chi connectivity index (χ0n) is 13.9. The minimum absolute atomic E-state index is 0.521. The minimum Gasteiger partial charge on any atom is -0.393 e. The first-order valence-electron chi connectivity index (χ1n) is 8.40. The first-order chi connectivity index (χ1) is 11.2. The lowest BCUT2D eigenvalue weighted by atomic mass is 10.00. The van der Waals surface area contributed by atoms with Crippen LogP contribution in [-0.2, 0) is 0 Å². The summed E-state index contributed by atoms with van der Waals surface area (Å²) in [6.07, 6.45) is 6.41. The molecule has 0 bridgehead atoms. The number of aryl methyl sites for hydroxylation is 1. The van der Waals surface area contributed by atoms with Crippen LogP contribution >= 0.6 is 0 Å². The maximum absolute atomic E-state index is 6.38. The highest BCUT2D eigenvalue weighted by atomic mass is 15.2. The molecule has 1 atom stereocenters. The number of benzene rings is 1. The number of nitrogens with two attached hydrogens (primary N) is 1. The molecule has 0 amide bonds. The molecule has 23 heavy (non-hydrogen) atoms. The molecular formula is C18H25N5. The normalized spacial score (nSPS) is 18.0. The molecule has 0 saturated carbocycles. The second kappa shape index (κ2) is 6.86.